The van der Waals surface area contributed by atoms with Crippen LogP contribution in [0.5, 0.6) is 0 Å². The molecule has 8 heteroatoms. The van der Waals surface area contributed by atoms with Crippen LogP contribution in [0.1, 0.15) is 68.7 Å². The molecule has 1 atom stereocenters. The van der Waals surface area contributed by atoms with Gasteiger partial charge < -0.3 is 14.9 Å². The number of ether oxygens (including phenoxy) is 1. The minimum Gasteiger partial charge on any atom is -0.444 e. The van der Waals surface area contributed by atoms with Crippen molar-refractivity contribution in [3.8, 4) is 0 Å². The molecule has 8 nitrogen and oxygen atoms in total. The zero-order chi connectivity index (χ0) is 22.5. The first-order valence-corrected chi connectivity index (χ1v) is 10.1. The van der Waals surface area contributed by atoms with Crippen LogP contribution in [-0.2, 0) is 9.57 Å². The van der Waals surface area contributed by atoms with Gasteiger partial charge in [-0.1, -0.05) is 31.1 Å². The van der Waals surface area contributed by atoms with E-state index in [1.54, 1.807) is 52.0 Å². The van der Waals surface area contributed by atoms with E-state index in [9.17, 15) is 14.4 Å². The zero-order valence-corrected chi connectivity index (χ0v) is 18.5. The van der Waals surface area contributed by atoms with Crippen LogP contribution in [0.4, 0.5) is 4.79 Å². The van der Waals surface area contributed by atoms with Crippen LogP contribution < -0.4 is 5.32 Å². The maximum Gasteiger partial charge on any atom is 0.408 e. The molecule has 1 N–H and O–H groups in total. The molecule has 2 rings (SSSR count). The van der Waals surface area contributed by atoms with Gasteiger partial charge in [0.2, 0.25) is 0 Å². The van der Waals surface area contributed by atoms with Crippen molar-refractivity contribution >= 4 is 23.6 Å². The smallest absolute Gasteiger partial charge is 0.408 e. The summed E-state index contributed by atoms with van der Waals surface area (Å²) in [4.78, 5) is 43.4. The molecular formula is C22H31N3O5. The molecule has 3 amide bonds. The fourth-order valence-corrected chi connectivity index (χ4v) is 2.85. The Kier molecular flexibility index (Phi) is 7.59. The number of carbonyl (C=O) groups is 3. The second-order valence-electron chi connectivity index (χ2n) is 8.68. The molecule has 0 radical (unpaired) electrons. The number of rotatable bonds is 8. The number of oxime groups is 1. The highest BCUT2D eigenvalue weighted by atomic mass is 16.6. The Labute approximate surface area is 177 Å². The Morgan fingerprint density at radius 2 is 1.70 bits per heavy atom. The monoisotopic (exact) mass is 417 g/mol. The summed E-state index contributed by atoms with van der Waals surface area (Å²) in [7, 11) is 0. The number of fused-ring (bicyclic) bond motifs is 1. The van der Waals surface area contributed by atoms with Crippen LogP contribution in [0.3, 0.4) is 0 Å². The van der Waals surface area contributed by atoms with Crippen molar-refractivity contribution in [2.75, 3.05) is 13.2 Å². The van der Waals surface area contributed by atoms with Gasteiger partial charge in [-0.05, 0) is 45.7 Å². The number of alkyl carbamates (subject to hydrolysis) is 1. The second kappa shape index (κ2) is 9.73. The summed E-state index contributed by atoms with van der Waals surface area (Å²) in [6.45, 7) is 11.5. The van der Waals surface area contributed by atoms with E-state index in [2.05, 4.69) is 10.5 Å². The molecule has 0 unspecified atom stereocenters. The van der Waals surface area contributed by atoms with Crippen LogP contribution >= 0.6 is 0 Å². The minimum atomic E-state index is -0.578. The predicted octanol–water partition coefficient (Wildman–Crippen LogP) is 3.61. The molecule has 1 heterocycles. The van der Waals surface area contributed by atoms with Crippen LogP contribution in [0, 0.1) is 5.92 Å². The summed E-state index contributed by atoms with van der Waals surface area (Å²) in [5, 5.41) is 6.86. The third-order valence-electron chi connectivity index (χ3n) is 4.56. The first kappa shape index (κ1) is 23.4. The van der Waals surface area contributed by atoms with Crippen molar-refractivity contribution in [3.63, 3.8) is 0 Å². The van der Waals surface area contributed by atoms with Crippen LogP contribution in [-0.4, -0.2) is 53.3 Å². The van der Waals surface area contributed by atoms with E-state index < -0.39 is 11.7 Å². The number of carbonyl (C=O) groups excluding carboxylic acids is 3. The highest BCUT2D eigenvalue weighted by Crippen LogP contribution is 2.22. The Bertz CT molecular complexity index is 791. The summed E-state index contributed by atoms with van der Waals surface area (Å²) in [6.07, 6.45) is -0.103. The highest BCUT2D eigenvalue weighted by molar-refractivity contribution is 6.21. The van der Waals surface area contributed by atoms with Crippen molar-refractivity contribution in [2.45, 2.75) is 59.6 Å². The van der Waals surface area contributed by atoms with Crippen LogP contribution in [0.2, 0.25) is 0 Å². The lowest BCUT2D eigenvalue weighted by Crippen LogP contribution is -2.44. The average Bonchev–Trinajstić information content (AvgIpc) is 2.88. The molecule has 0 saturated heterocycles. The van der Waals surface area contributed by atoms with E-state index in [0.717, 1.165) is 0 Å². The normalized spacial score (nSPS) is 15.3. The Hall–Kier alpha value is -2.90. The van der Waals surface area contributed by atoms with Gasteiger partial charge in [0.1, 0.15) is 12.2 Å². The SMILES string of the molecule is C/C(CCN1C(=O)c2ccccc2C1=O)=N\OC[C@H](NC(=O)OC(C)(C)C)C(C)C. The van der Waals surface area contributed by atoms with E-state index in [1.165, 1.54) is 4.90 Å². The quantitative estimate of drug-likeness (QED) is 0.396. The van der Waals surface area contributed by atoms with Crippen molar-refractivity contribution in [3.05, 3.63) is 35.4 Å². The standard InChI is InChI=1S/C22H31N3O5/c1-14(2)18(23-21(28)30-22(4,5)6)13-29-24-15(3)11-12-25-19(26)16-9-7-8-10-17(16)20(25)27/h7-10,14,18H,11-13H2,1-6H3,(H,23,28)/b24-15+/t18-/m0/s1. The Balaban J connectivity index is 1.84. The largest absolute Gasteiger partial charge is 0.444 e. The Morgan fingerprint density at radius 3 is 2.20 bits per heavy atom. The van der Waals surface area contributed by atoms with Gasteiger partial charge in [0, 0.05) is 13.0 Å². The molecule has 0 saturated carbocycles. The number of benzene rings is 1. The maximum atomic E-state index is 12.4. The topological polar surface area (TPSA) is 97.3 Å². The Morgan fingerprint density at radius 1 is 1.13 bits per heavy atom. The van der Waals surface area contributed by atoms with Crippen molar-refractivity contribution in [1.82, 2.24) is 10.2 Å². The van der Waals surface area contributed by atoms with Gasteiger partial charge in [0.25, 0.3) is 11.8 Å². The minimum absolute atomic E-state index is 0.117. The average molecular weight is 418 g/mol. The third-order valence-corrected chi connectivity index (χ3v) is 4.56. The van der Waals surface area contributed by atoms with Gasteiger partial charge in [-0.3, -0.25) is 14.5 Å². The van der Waals surface area contributed by atoms with Gasteiger partial charge in [0.05, 0.1) is 22.9 Å². The summed E-state index contributed by atoms with van der Waals surface area (Å²) in [5.41, 5.74) is 0.930. The number of hydrogen-bond donors (Lipinski definition) is 1. The zero-order valence-electron chi connectivity index (χ0n) is 18.5. The highest BCUT2D eigenvalue weighted by Gasteiger charge is 2.34. The number of imide groups is 1. The van der Waals surface area contributed by atoms with Crippen LogP contribution in [0.25, 0.3) is 0 Å². The summed E-state index contributed by atoms with van der Waals surface area (Å²) >= 11 is 0. The van der Waals surface area contributed by atoms with E-state index in [4.69, 9.17) is 9.57 Å². The first-order chi connectivity index (χ1) is 14.0. The first-order valence-electron chi connectivity index (χ1n) is 10.1. The molecule has 1 aromatic rings. The molecule has 0 aliphatic carbocycles. The summed E-state index contributed by atoms with van der Waals surface area (Å²) in [6, 6.07) is 6.52. The molecule has 1 aliphatic rings. The van der Waals surface area contributed by atoms with E-state index in [0.29, 0.717) is 23.3 Å². The van der Waals surface area contributed by atoms with Gasteiger partial charge in [0.15, 0.2) is 0 Å². The van der Waals surface area contributed by atoms with Gasteiger partial charge in [-0.25, -0.2) is 4.79 Å². The molecule has 0 spiro atoms. The number of hydrogen-bond acceptors (Lipinski definition) is 6. The van der Waals surface area contributed by atoms with Crippen molar-refractivity contribution in [2.24, 2.45) is 11.1 Å². The lowest BCUT2D eigenvalue weighted by Gasteiger charge is -2.25. The van der Waals surface area contributed by atoms with Gasteiger partial charge in [-0.15, -0.1) is 0 Å². The molecule has 164 valence electrons. The lowest BCUT2D eigenvalue weighted by atomic mass is 10.1. The van der Waals surface area contributed by atoms with Gasteiger partial charge in [-0.2, -0.15) is 0 Å². The number of amides is 3. The number of nitrogens with one attached hydrogen (secondary N) is 1. The molecule has 1 aliphatic heterocycles. The summed E-state index contributed by atoms with van der Waals surface area (Å²) in [5.74, 6) is -0.456. The maximum absolute atomic E-state index is 12.4. The molecule has 1 aromatic carbocycles. The fourth-order valence-electron chi connectivity index (χ4n) is 2.85. The molecule has 0 bridgehead atoms. The third kappa shape index (κ3) is 6.30. The molecule has 30 heavy (non-hydrogen) atoms. The van der Waals surface area contributed by atoms with E-state index in [1.807, 2.05) is 13.8 Å². The van der Waals surface area contributed by atoms with Crippen molar-refractivity contribution < 1.29 is 24.0 Å². The van der Waals surface area contributed by atoms with Crippen LogP contribution in [0.15, 0.2) is 29.4 Å². The molecule has 0 fully saturated rings. The van der Waals surface area contributed by atoms with Gasteiger partial charge >= 0.3 is 6.09 Å². The molecule has 0 aromatic heterocycles. The van der Waals surface area contributed by atoms with Crippen molar-refractivity contribution in [1.29, 1.82) is 0 Å². The lowest BCUT2D eigenvalue weighted by molar-refractivity contribution is 0.0412. The van der Waals surface area contributed by atoms with E-state index in [-0.39, 0.29) is 36.9 Å². The fraction of sp³-hybridized carbons (Fsp3) is 0.545. The molecular weight excluding hydrogens is 386 g/mol. The second-order valence-corrected chi connectivity index (χ2v) is 8.68. The number of nitrogens with zero attached hydrogens (tertiary/aromatic N) is 2. The predicted molar refractivity (Wildman–Crippen MR) is 113 cm³/mol. The summed E-state index contributed by atoms with van der Waals surface area (Å²) < 4.78 is 5.28. The van der Waals surface area contributed by atoms with E-state index >= 15 is 0 Å².